The Hall–Kier alpha value is -2.08. The van der Waals surface area contributed by atoms with E-state index >= 15 is 0 Å². The van der Waals surface area contributed by atoms with Crippen LogP contribution in [-0.4, -0.2) is 27.5 Å². The van der Waals surface area contributed by atoms with Gasteiger partial charge >= 0.3 is 0 Å². The first-order valence-electron chi connectivity index (χ1n) is 6.53. The summed E-state index contributed by atoms with van der Waals surface area (Å²) >= 11 is 5.82. The molecule has 0 spiro atoms. The largest absolute Gasteiger partial charge is 0.396 e. The number of nitrogens with one attached hydrogen (secondary N) is 1. The molecule has 3 rings (SSSR count). The number of halogens is 2. The predicted octanol–water partition coefficient (Wildman–Crippen LogP) is 2.54. The Labute approximate surface area is 125 Å². The number of H-pyrrole nitrogens is 1. The first-order valence-corrected chi connectivity index (χ1v) is 6.91. The van der Waals surface area contributed by atoms with E-state index in [0.717, 1.165) is 17.3 Å². The molecule has 2 aromatic rings. The number of carbonyl (C=O) groups is 1. The van der Waals surface area contributed by atoms with E-state index in [1.54, 1.807) is 11.1 Å². The SMILES string of the molecule is CC1CN(C(=O)c2cc(Cl)cc(F)c2N)Cc2cn[nH]c21. The van der Waals surface area contributed by atoms with Gasteiger partial charge in [-0.3, -0.25) is 9.89 Å². The number of rotatable bonds is 1. The number of aromatic amines is 1. The standard InChI is InChI=1S/C14H14ClFN4O/c1-7-5-20(6-8-4-18-19-13(7)8)14(21)10-2-9(15)3-11(16)12(10)17/h2-4,7H,5-6,17H2,1H3,(H,18,19). The number of nitrogens with zero attached hydrogens (tertiary/aromatic N) is 2. The molecule has 2 heterocycles. The molecule has 1 unspecified atom stereocenters. The monoisotopic (exact) mass is 308 g/mol. The molecule has 0 bridgehead atoms. The van der Waals surface area contributed by atoms with Crippen molar-refractivity contribution in [1.82, 2.24) is 15.1 Å². The van der Waals surface area contributed by atoms with E-state index in [9.17, 15) is 9.18 Å². The van der Waals surface area contributed by atoms with Gasteiger partial charge in [0.15, 0.2) is 0 Å². The zero-order chi connectivity index (χ0) is 15.1. The van der Waals surface area contributed by atoms with E-state index in [1.165, 1.54) is 6.07 Å². The molecule has 3 N–H and O–H groups in total. The minimum absolute atomic E-state index is 0.0964. The van der Waals surface area contributed by atoms with Crippen LogP contribution in [0.15, 0.2) is 18.3 Å². The quantitative estimate of drug-likeness (QED) is 0.795. The number of benzene rings is 1. The van der Waals surface area contributed by atoms with Gasteiger partial charge in [-0.25, -0.2) is 4.39 Å². The molecule has 1 aliphatic rings. The number of amides is 1. The minimum Gasteiger partial charge on any atom is -0.396 e. The third-order valence-electron chi connectivity index (χ3n) is 3.71. The van der Waals surface area contributed by atoms with Crippen LogP contribution in [0.3, 0.4) is 0 Å². The summed E-state index contributed by atoms with van der Waals surface area (Å²) in [5.41, 5.74) is 7.59. The topological polar surface area (TPSA) is 75.0 Å². The number of fused-ring (bicyclic) bond motifs is 1. The maximum Gasteiger partial charge on any atom is 0.256 e. The van der Waals surface area contributed by atoms with Crippen molar-refractivity contribution < 1.29 is 9.18 Å². The lowest BCUT2D eigenvalue weighted by Gasteiger charge is -2.31. The van der Waals surface area contributed by atoms with Gasteiger partial charge in [0.2, 0.25) is 0 Å². The van der Waals surface area contributed by atoms with Crippen molar-refractivity contribution in [1.29, 1.82) is 0 Å². The fourth-order valence-electron chi connectivity index (χ4n) is 2.65. The Morgan fingerprint density at radius 2 is 2.33 bits per heavy atom. The van der Waals surface area contributed by atoms with Crippen LogP contribution in [0, 0.1) is 5.82 Å². The predicted molar refractivity (Wildman–Crippen MR) is 77.6 cm³/mol. The summed E-state index contributed by atoms with van der Waals surface area (Å²) in [6.45, 7) is 2.93. The Bertz CT molecular complexity index is 715. The fourth-order valence-corrected chi connectivity index (χ4v) is 2.86. The van der Waals surface area contributed by atoms with Crippen LogP contribution in [0.2, 0.25) is 5.02 Å². The van der Waals surface area contributed by atoms with Gasteiger partial charge < -0.3 is 10.6 Å². The van der Waals surface area contributed by atoms with E-state index in [0.29, 0.717) is 13.1 Å². The molecule has 110 valence electrons. The molecule has 0 fully saturated rings. The number of hydrogen-bond acceptors (Lipinski definition) is 3. The maximum atomic E-state index is 13.6. The van der Waals surface area contributed by atoms with Crippen molar-refractivity contribution in [3.8, 4) is 0 Å². The molecule has 1 aliphatic heterocycles. The maximum absolute atomic E-state index is 13.6. The lowest BCUT2D eigenvalue weighted by Crippen LogP contribution is -2.37. The van der Waals surface area contributed by atoms with Crippen LogP contribution in [-0.2, 0) is 6.54 Å². The third kappa shape index (κ3) is 2.35. The summed E-state index contributed by atoms with van der Waals surface area (Å²) < 4.78 is 13.6. The number of anilines is 1. The second kappa shape index (κ2) is 5.04. The highest BCUT2D eigenvalue weighted by molar-refractivity contribution is 6.31. The normalized spacial score (nSPS) is 17.7. The lowest BCUT2D eigenvalue weighted by atomic mass is 9.97. The molecule has 1 amide bonds. The van der Waals surface area contributed by atoms with E-state index in [-0.39, 0.29) is 28.1 Å². The smallest absolute Gasteiger partial charge is 0.256 e. The summed E-state index contributed by atoms with van der Waals surface area (Å²) in [6, 6.07) is 2.50. The Morgan fingerprint density at radius 1 is 1.57 bits per heavy atom. The molecular weight excluding hydrogens is 295 g/mol. The third-order valence-corrected chi connectivity index (χ3v) is 3.93. The average molecular weight is 309 g/mol. The highest BCUT2D eigenvalue weighted by atomic mass is 35.5. The summed E-state index contributed by atoms with van der Waals surface area (Å²) in [4.78, 5) is 14.2. The summed E-state index contributed by atoms with van der Waals surface area (Å²) in [5.74, 6) is -0.877. The zero-order valence-corrected chi connectivity index (χ0v) is 12.1. The van der Waals surface area contributed by atoms with Crippen LogP contribution in [0.4, 0.5) is 10.1 Å². The molecular formula is C14H14ClFN4O. The Kier molecular flexibility index (Phi) is 3.33. The number of aromatic nitrogens is 2. The van der Waals surface area contributed by atoms with Crippen molar-refractivity contribution in [3.05, 3.63) is 46.0 Å². The summed E-state index contributed by atoms with van der Waals surface area (Å²) in [7, 11) is 0. The van der Waals surface area contributed by atoms with E-state index in [4.69, 9.17) is 17.3 Å². The van der Waals surface area contributed by atoms with E-state index in [1.807, 2.05) is 6.92 Å². The van der Waals surface area contributed by atoms with Crippen molar-refractivity contribution in [2.75, 3.05) is 12.3 Å². The van der Waals surface area contributed by atoms with Gasteiger partial charge in [0, 0.05) is 35.3 Å². The van der Waals surface area contributed by atoms with Gasteiger partial charge in [-0.2, -0.15) is 5.10 Å². The van der Waals surface area contributed by atoms with E-state index < -0.39 is 5.82 Å². The number of hydrogen-bond donors (Lipinski definition) is 2. The molecule has 0 radical (unpaired) electrons. The molecule has 7 heteroatoms. The zero-order valence-electron chi connectivity index (χ0n) is 11.4. The highest BCUT2D eigenvalue weighted by Crippen LogP contribution is 2.29. The second-order valence-corrected chi connectivity index (χ2v) is 5.68. The van der Waals surface area contributed by atoms with Crippen molar-refractivity contribution >= 4 is 23.2 Å². The highest BCUT2D eigenvalue weighted by Gasteiger charge is 2.29. The van der Waals surface area contributed by atoms with Crippen LogP contribution < -0.4 is 5.73 Å². The molecule has 1 aromatic carbocycles. The van der Waals surface area contributed by atoms with Crippen molar-refractivity contribution in [2.24, 2.45) is 0 Å². The average Bonchev–Trinajstić information content (AvgIpc) is 2.91. The van der Waals surface area contributed by atoms with Crippen LogP contribution in [0.5, 0.6) is 0 Å². The molecule has 0 saturated heterocycles. The summed E-state index contributed by atoms with van der Waals surface area (Å²) in [5, 5.41) is 7.09. The van der Waals surface area contributed by atoms with E-state index in [2.05, 4.69) is 10.2 Å². The Morgan fingerprint density at radius 3 is 3.10 bits per heavy atom. The van der Waals surface area contributed by atoms with Gasteiger partial charge in [-0.05, 0) is 12.1 Å². The summed E-state index contributed by atoms with van der Waals surface area (Å²) in [6.07, 6.45) is 1.70. The van der Waals surface area contributed by atoms with Gasteiger partial charge in [0.1, 0.15) is 5.82 Å². The lowest BCUT2D eigenvalue weighted by molar-refractivity contribution is 0.0721. The number of nitrogen functional groups attached to an aromatic ring is 1. The van der Waals surface area contributed by atoms with Crippen molar-refractivity contribution in [3.63, 3.8) is 0 Å². The minimum atomic E-state index is -0.681. The van der Waals surface area contributed by atoms with Crippen LogP contribution >= 0.6 is 11.6 Å². The number of nitrogens with two attached hydrogens (primary N) is 1. The molecule has 1 aromatic heterocycles. The van der Waals surface area contributed by atoms with Crippen LogP contribution in [0.25, 0.3) is 0 Å². The van der Waals surface area contributed by atoms with Gasteiger partial charge in [-0.1, -0.05) is 18.5 Å². The van der Waals surface area contributed by atoms with Gasteiger partial charge in [0.05, 0.1) is 17.4 Å². The van der Waals surface area contributed by atoms with Crippen LogP contribution in [0.1, 0.15) is 34.5 Å². The molecule has 0 aliphatic carbocycles. The number of carbonyl (C=O) groups excluding carboxylic acids is 1. The fraction of sp³-hybridized carbons (Fsp3) is 0.286. The molecule has 1 atom stereocenters. The molecule has 21 heavy (non-hydrogen) atoms. The molecule has 5 nitrogen and oxygen atoms in total. The molecule has 0 saturated carbocycles. The van der Waals surface area contributed by atoms with Gasteiger partial charge in [0.25, 0.3) is 5.91 Å². The van der Waals surface area contributed by atoms with Gasteiger partial charge in [-0.15, -0.1) is 0 Å². The second-order valence-electron chi connectivity index (χ2n) is 5.24. The first-order chi connectivity index (χ1) is 9.97. The Balaban J connectivity index is 1.94. The first kappa shape index (κ1) is 13.9. The van der Waals surface area contributed by atoms with Crippen molar-refractivity contribution in [2.45, 2.75) is 19.4 Å².